The van der Waals surface area contributed by atoms with Crippen LogP contribution < -0.4 is 10.2 Å². The Morgan fingerprint density at radius 2 is 2.12 bits per heavy atom. The molecule has 0 bridgehead atoms. The first-order valence-electron chi connectivity index (χ1n) is 8.03. The Bertz CT molecular complexity index is 921. The first kappa shape index (κ1) is 17.1. The van der Waals surface area contributed by atoms with Gasteiger partial charge < -0.3 is 14.4 Å². The fraction of sp³-hybridized carbons (Fsp3) is 0.222. The van der Waals surface area contributed by atoms with E-state index < -0.39 is 0 Å². The number of anilines is 1. The minimum absolute atomic E-state index is 0.0681. The Morgan fingerprint density at radius 3 is 2.88 bits per heavy atom. The largest absolute Gasteiger partial charge is 0.503 e. The van der Waals surface area contributed by atoms with Gasteiger partial charge in [0.05, 0.1) is 28.9 Å². The van der Waals surface area contributed by atoms with Crippen molar-refractivity contribution in [2.45, 2.75) is 20.4 Å². The van der Waals surface area contributed by atoms with Crippen molar-refractivity contribution in [1.82, 2.24) is 9.55 Å². The van der Waals surface area contributed by atoms with Crippen molar-refractivity contribution < 1.29 is 9.84 Å². The number of hydrogen-bond acceptors (Lipinski definition) is 5. The Kier molecular flexibility index (Phi) is 5.09. The van der Waals surface area contributed by atoms with Crippen LogP contribution in [0.3, 0.4) is 0 Å². The Morgan fingerprint density at radius 1 is 1.32 bits per heavy atom. The maximum absolute atomic E-state index is 9.88. The molecule has 2 N–H and O–H groups in total. The number of aryl methyl sites for hydroxylation is 1. The Labute approximate surface area is 150 Å². The van der Waals surface area contributed by atoms with Crippen LogP contribution in [0.15, 0.2) is 41.5 Å². The number of hydrogen-bond donors (Lipinski definition) is 2. The van der Waals surface area contributed by atoms with E-state index in [-0.39, 0.29) is 10.8 Å². The number of imidazole rings is 1. The maximum atomic E-state index is 9.88. The lowest BCUT2D eigenvalue weighted by molar-refractivity contribution is 0.318. The summed E-state index contributed by atoms with van der Waals surface area (Å²) in [5.41, 5.74) is 5.63. The SMILES string of the molecule is CCOc1cc(/C=N\Nc2nc3ccccc3n2CC)cc(Cl)c1O. The molecule has 0 aliphatic carbocycles. The smallest absolute Gasteiger partial charge is 0.224 e. The van der Waals surface area contributed by atoms with Crippen LogP contribution in [0.2, 0.25) is 5.02 Å². The molecule has 3 aromatic rings. The van der Waals surface area contributed by atoms with Crippen molar-refractivity contribution in [2.24, 2.45) is 5.10 Å². The van der Waals surface area contributed by atoms with Gasteiger partial charge in [0.15, 0.2) is 11.5 Å². The van der Waals surface area contributed by atoms with Gasteiger partial charge in [-0.3, -0.25) is 0 Å². The number of nitrogens with zero attached hydrogens (tertiary/aromatic N) is 3. The van der Waals surface area contributed by atoms with E-state index in [1.807, 2.05) is 35.8 Å². The van der Waals surface area contributed by atoms with Crippen molar-refractivity contribution in [3.05, 3.63) is 47.0 Å². The normalized spacial score (nSPS) is 11.3. The summed E-state index contributed by atoms with van der Waals surface area (Å²) in [6.45, 7) is 5.10. The van der Waals surface area contributed by atoms with E-state index in [0.29, 0.717) is 23.9 Å². The van der Waals surface area contributed by atoms with Gasteiger partial charge in [-0.2, -0.15) is 5.10 Å². The number of nitrogens with one attached hydrogen (secondary N) is 1. The Hall–Kier alpha value is -2.73. The predicted octanol–water partition coefficient (Wildman–Crippen LogP) is 4.26. The zero-order valence-electron chi connectivity index (χ0n) is 14.0. The summed E-state index contributed by atoms with van der Waals surface area (Å²) in [4.78, 5) is 4.54. The summed E-state index contributed by atoms with van der Waals surface area (Å²) in [7, 11) is 0. The van der Waals surface area contributed by atoms with Crippen molar-refractivity contribution in [3.63, 3.8) is 0 Å². The van der Waals surface area contributed by atoms with Gasteiger partial charge in [0.2, 0.25) is 5.95 Å². The topological polar surface area (TPSA) is 71.7 Å². The van der Waals surface area contributed by atoms with Crippen molar-refractivity contribution in [2.75, 3.05) is 12.0 Å². The summed E-state index contributed by atoms with van der Waals surface area (Å²) >= 11 is 6.02. The quantitative estimate of drug-likeness (QED) is 0.510. The Balaban J connectivity index is 1.84. The number of benzene rings is 2. The van der Waals surface area contributed by atoms with Gasteiger partial charge in [-0.05, 0) is 43.7 Å². The molecule has 0 unspecified atom stereocenters. The molecule has 25 heavy (non-hydrogen) atoms. The van der Waals surface area contributed by atoms with Crippen molar-refractivity contribution in [1.29, 1.82) is 0 Å². The van der Waals surface area contributed by atoms with Crippen LogP contribution in [0.25, 0.3) is 11.0 Å². The predicted molar refractivity (Wildman–Crippen MR) is 101 cm³/mol. The van der Waals surface area contributed by atoms with E-state index in [1.165, 1.54) is 0 Å². The van der Waals surface area contributed by atoms with Gasteiger partial charge in [-0.1, -0.05) is 23.7 Å². The maximum Gasteiger partial charge on any atom is 0.224 e. The van der Waals surface area contributed by atoms with Crippen LogP contribution in [0, 0.1) is 0 Å². The molecule has 0 amide bonds. The fourth-order valence-electron chi connectivity index (χ4n) is 2.58. The highest BCUT2D eigenvalue weighted by atomic mass is 35.5. The standard InChI is InChI=1S/C18H19ClN4O2/c1-3-23-15-8-6-5-7-14(15)21-18(23)22-20-11-12-9-13(19)17(24)16(10-12)25-4-2/h5-11,24H,3-4H2,1-2H3,(H,21,22)/b20-11-. The summed E-state index contributed by atoms with van der Waals surface area (Å²) < 4.78 is 7.41. The third-order valence-electron chi connectivity index (χ3n) is 3.70. The molecule has 0 saturated heterocycles. The molecule has 0 aliphatic rings. The first-order valence-corrected chi connectivity index (χ1v) is 8.41. The molecule has 2 aromatic carbocycles. The van der Waals surface area contributed by atoms with E-state index in [9.17, 15) is 5.11 Å². The van der Waals surface area contributed by atoms with Crippen LogP contribution in [-0.2, 0) is 6.54 Å². The molecular weight excluding hydrogens is 340 g/mol. The number of fused-ring (bicyclic) bond motifs is 1. The molecule has 0 saturated carbocycles. The van der Waals surface area contributed by atoms with E-state index in [2.05, 4.69) is 22.4 Å². The third-order valence-corrected chi connectivity index (χ3v) is 3.99. The summed E-state index contributed by atoms with van der Waals surface area (Å²) in [5.74, 6) is 0.925. The van der Waals surface area contributed by atoms with E-state index >= 15 is 0 Å². The number of ether oxygens (including phenoxy) is 1. The minimum atomic E-state index is -0.0681. The molecular formula is C18H19ClN4O2. The highest BCUT2D eigenvalue weighted by Gasteiger charge is 2.10. The van der Waals surface area contributed by atoms with E-state index in [4.69, 9.17) is 16.3 Å². The van der Waals surface area contributed by atoms with Crippen molar-refractivity contribution in [3.8, 4) is 11.5 Å². The first-order chi connectivity index (χ1) is 12.1. The van der Waals surface area contributed by atoms with Gasteiger partial charge >= 0.3 is 0 Å². The molecule has 0 spiro atoms. The average Bonchev–Trinajstić information content (AvgIpc) is 2.96. The van der Waals surface area contributed by atoms with Gasteiger partial charge in [0.25, 0.3) is 0 Å². The second-order valence-electron chi connectivity index (χ2n) is 5.32. The number of para-hydroxylation sites is 2. The van der Waals surface area contributed by atoms with Gasteiger partial charge in [-0.15, -0.1) is 0 Å². The highest BCUT2D eigenvalue weighted by molar-refractivity contribution is 6.32. The minimum Gasteiger partial charge on any atom is -0.503 e. The zero-order valence-corrected chi connectivity index (χ0v) is 14.8. The molecule has 7 heteroatoms. The number of rotatable bonds is 6. The fourth-order valence-corrected chi connectivity index (χ4v) is 2.80. The second-order valence-corrected chi connectivity index (χ2v) is 5.73. The third kappa shape index (κ3) is 3.53. The molecule has 1 aromatic heterocycles. The molecule has 0 atom stereocenters. The average molecular weight is 359 g/mol. The van der Waals surface area contributed by atoms with E-state index in [0.717, 1.165) is 17.6 Å². The lowest BCUT2D eigenvalue weighted by Crippen LogP contribution is -2.02. The number of phenolic OH excluding ortho intramolecular Hbond substituents is 1. The van der Waals surface area contributed by atoms with Crippen LogP contribution >= 0.6 is 11.6 Å². The summed E-state index contributed by atoms with van der Waals surface area (Å²) in [5, 5.41) is 14.3. The van der Waals surface area contributed by atoms with Crippen LogP contribution in [0.4, 0.5) is 5.95 Å². The van der Waals surface area contributed by atoms with Crippen molar-refractivity contribution >= 4 is 34.8 Å². The number of phenols is 1. The van der Waals surface area contributed by atoms with Gasteiger partial charge in [0.1, 0.15) is 0 Å². The van der Waals surface area contributed by atoms with Crippen LogP contribution in [-0.4, -0.2) is 27.5 Å². The molecule has 3 rings (SSSR count). The van der Waals surface area contributed by atoms with Gasteiger partial charge in [0, 0.05) is 6.54 Å². The zero-order chi connectivity index (χ0) is 17.8. The molecule has 130 valence electrons. The second kappa shape index (κ2) is 7.44. The molecule has 0 fully saturated rings. The highest BCUT2D eigenvalue weighted by Crippen LogP contribution is 2.34. The van der Waals surface area contributed by atoms with Crippen LogP contribution in [0.1, 0.15) is 19.4 Å². The summed E-state index contributed by atoms with van der Waals surface area (Å²) in [6, 6.07) is 11.2. The number of aromatic nitrogens is 2. The molecule has 1 heterocycles. The molecule has 6 nitrogen and oxygen atoms in total. The number of aromatic hydroxyl groups is 1. The van der Waals surface area contributed by atoms with Crippen LogP contribution in [0.5, 0.6) is 11.5 Å². The molecule has 0 radical (unpaired) electrons. The van der Waals surface area contributed by atoms with Gasteiger partial charge in [-0.25, -0.2) is 10.4 Å². The monoisotopic (exact) mass is 358 g/mol. The lowest BCUT2D eigenvalue weighted by Gasteiger charge is -2.08. The van der Waals surface area contributed by atoms with E-state index in [1.54, 1.807) is 18.3 Å². The summed E-state index contributed by atoms with van der Waals surface area (Å²) in [6.07, 6.45) is 1.60. The molecule has 0 aliphatic heterocycles. The lowest BCUT2D eigenvalue weighted by atomic mass is 10.2. The number of halogens is 1. The number of hydrazone groups is 1.